The molecule has 1 aliphatic carbocycles. The molecule has 0 aromatic heterocycles. The zero-order valence-corrected chi connectivity index (χ0v) is 15.0. The molecule has 0 aromatic rings. The second-order valence-corrected chi connectivity index (χ2v) is 8.40. The van der Waals surface area contributed by atoms with Crippen molar-refractivity contribution < 1.29 is 9.53 Å². The maximum Gasteiger partial charge on any atom is 0.410 e. The van der Waals surface area contributed by atoms with E-state index in [1.807, 2.05) is 25.7 Å². The highest BCUT2D eigenvalue weighted by molar-refractivity contribution is 5.68. The molecule has 128 valence electrons. The number of amides is 1. The second kappa shape index (κ2) is 7.20. The number of carbonyl (C=O) groups excluding carboxylic acids is 1. The fourth-order valence-corrected chi connectivity index (χ4v) is 3.78. The molecular weight excluding hydrogens is 276 g/mol. The zero-order chi connectivity index (χ0) is 16.3. The lowest BCUT2D eigenvalue weighted by molar-refractivity contribution is 0.0146. The SMILES string of the molecule is CC1CCC(NC(C)C2CCCN(C(=O)OC(C)(C)C)C2)C1. The van der Waals surface area contributed by atoms with Crippen LogP contribution in [0.3, 0.4) is 0 Å². The van der Waals surface area contributed by atoms with Crippen molar-refractivity contribution in [2.45, 2.75) is 84.4 Å². The minimum atomic E-state index is -0.409. The molecular formula is C18H34N2O2. The van der Waals surface area contributed by atoms with Gasteiger partial charge in [0.15, 0.2) is 0 Å². The first-order valence-electron chi connectivity index (χ1n) is 8.98. The van der Waals surface area contributed by atoms with E-state index in [-0.39, 0.29) is 6.09 Å². The van der Waals surface area contributed by atoms with E-state index in [2.05, 4.69) is 19.2 Å². The Morgan fingerprint density at radius 2 is 2.00 bits per heavy atom. The van der Waals surface area contributed by atoms with Gasteiger partial charge in [-0.1, -0.05) is 6.92 Å². The molecule has 1 amide bonds. The molecule has 0 aromatic carbocycles. The highest BCUT2D eigenvalue weighted by atomic mass is 16.6. The third-order valence-electron chi connectivity index (χ3n) is 5.01. The monoisotopic (exact) mass is 310 g/mol. The molecule has 1 heterocycles. The summed E-state index contributed by atoms with van der Waals surface area (Å²) in [4.78, 5) is 14.2. The number of hydrogen-bond acceptors (Lipinski definition) is 3. The van der Waals surface area contributed by atoms with Crippen LogP contribution in [-0.4, -0.2) is 41.8 Å². The Labute approximate surface area is 136 Å². The first-order chi connectivity index (χ1) is 10.2. The van der Waals surface area contributed by atoms with Crippen LogP contribution in [0.5, 0.6) is 0 Å². The number of piperidine rings is 1. The largest absolute Gasteiger partial charge is 0.444 e. The number of carbonyl (C=O) groups is 1. The van der Waals surface area contributed by atoms with Crippen molar-refractivity contribution in [3.05, 3.63) is 0 Å². The normalized spacial score (nSPS) is 31.1. The average Bonchev–Trinajstić information content (AvgIpc) is 2.82. The van der Waals surface area contributed by atoms with Gasteiger partial charge in [-0.3, -0.25) is 0 Å². The summed E-state index contributed by atoms with van der Waals surface area (Å²) >= 11 is 0. The molecule has 2 aliphatic rings. The number of ether oxygens (including phenoxy) is 1. The van der Waals surface area contributed by atoms with E-state index in [9.17, 15) is 4.79 Å². The van der Waals surface area contributed by atoms with Crippen LogP contribution in [0.4, 0.5) is 4.79 Å². The number of hydrogen-bond donors (Lipinski definition) is 1. The van der Waals surface area contributed by atoms with Crippen LogP contribution in [-0.2, 0) is 4.74 Å². The molecule has 0 bridgehead atoms. The fourth-order valence-electron chi connectivity index (χ4n) is 3.78. The quantitative estimate of drug-likeness (QED) is 0.862. The van der Waals surface area contributed by atoms with Crippen molar-refractivity contribution in [3.63, 3.8) is 0 Å². The van der Waals surface area contributed by atoms with Crippen molar-refractivity contribution in [3.8, 4) is 0 Å². The Morgan fingerprint density at radius 1 is 1.27 bits per heavy atom. The van der Waals surface area contributed by atoms with Gasteiger partial charge in [-0.05, 0) is 71.6 Å². The molecule has 0 radical (unpaired) electrons. The molecule has 1 N–H and O–H groups in total. The van der Waals surface area contributed by atoms with Crippen LogP contribution in [0.15, 0.2) is 0 Å². The molecule has 22 heavy (non-hydrogen) atoms. The summed E-state index contributed by atoms with van der Waals surface area (Å²) in [6, 6.07) is 1.14. The van der Waals surface area contributed by atoms with Crippen molar-refractivity contribution in [2.24, 2.45) is 11.8 Å². The average molecular weight is 310 g/mol. The lowest BCUT2D eigenvalue weighted by atomic mass is 9.91. The van der Waals surface area contributed by atoms with Gasteiger partial charge < -0.3 is 15.0 Å². The summed E-state index contributed by atoms with van der Waals surface area (Å²) in [5.41, 5.74) is -0.409. The number of nitrogens with one attached hydrogen (secondary N) is 1. The number of rotatable bonds is 3. The molecule has 1 saturated carbocycles. The first-order valence-corrected chi connectivity index (χ1v) is 8.98. The van der Waals surface area contributed by atoms with Gasteiger partial charge in [-0.2, -0.15) is 0 Å². The zero-order valence-electron chi connectivity index (χ0n) is 15.0. The van der Waals surface area contributed by atoms with Crippen LogP contribution >= 0.6 is 0 Å². The second-order valence-electron chi connectivity index (χ2n) is 8.40. The van der Waals surface area contributed by atoms with Crippen molar-refractivity contribution >= 4 is 6.09 Å². The third kappa shape index (κ3) is 5.15. The lowest BCUT2D eigenvalue weighted by Gasteiger charge is -2.37. The summed E-state index contributed by atoms with van der Waals surface area (Å²) in [6.07, 6.45) is 6.08. The van der Waals surface area contributed by atoms with Crippen molar-refractivity contribution in [1.29, 1.82) is 0 Å². The highest BCUT2D eigenvalue weighted by Gasteiger charge is 2.31. The van der Waals surface area contributed by atoms with Crippen LogP contribution in [0.1, 0.15) is 66.7 Å². The van der Waals surface area contributed by atoms with E-state index >= 15 is 0 Å². The molecule has 4 unspecified atom stereocenters. The van der Waals surface area contributed by atoms with E-state index in [0.29, 0.717) is 18.0 Å². The maximum absolute atomic E-state index is 12.3. The standard InChI is InChI=1S/C18H34N2O2/c1-13-8-9-16(11-13)19-14(2)15-7-6-10-20(12-15)17(21)22-18(3,4)5/h13-16,19H,6-12H2,1-5H3. The van der Waals surface area contributed by atoms with E-state index in [1.54, 1.807) is 0 Å². The van der Waals surface area contributed by atoms with Gasteiger partial charge in [0.25, 0.3) is 0 Å². The Morgan fingerprint density at radius 3 is 2.59 bits per heavy atom. The van der Waals surface area contributed by atoms with Gasteiger partial charge in [0.05, 0.1) is 0 Å². The van der Waals surface area contributed by atoms with E-state index in [1.165, 1.54) is 25.7 Å². The van der Waals surface area contributed by atoms with E-state index < -0.39 is 5.60 Å². The summed E-state index contributed by atoms with van der Waals surface area (Å²) in [5, 5.41) is 3.81. The van der Waals surface area contributed by atoms with E-state index in [4.69, 9.17) is 4.74 Å². The minimum Gasteiger partial charge on any atom is -0.444 e. The topological polar surface area (TPSA) is 41.6 Å². The van der Waals surface area contributed by atoms with Gasteiger partial charge in [0, 0.05) is 25.2 Å². The van der Waals surface area contributed by atoms with Crippen LogP contribution in [0, 0.1) is 11.8 Å². The van der Waals surface area contributed by atoms with Gasteiger partial charge >= 0.3 is 6.09 Å². The molecule has 1 aliphatic heterocycles. The van der Waals surface area contributed by atoms with Gasteiger partial charge in [0.2, 0.25) is 0 Å². The smallest absolute Gasteiger partial charge is 0.410 e. The predicted octanol–water partition coefficient (Wildman–Crippen LogP) is 3.80. The molecule has 4 nitrogen and oxygen atoms in total. The van der Waals surface area contributed by atoms with Crippen molar-refractivity contribution in [2.75, 3.05) is 13.1 Å². The summed E-state index contributed by atoms with van der Waals surface area (Å²) in [7, 11) is 0. The Balaban J connectivity index is 1.83. The predicted molar refractivity (Wildman–Crippen MR) is 89.9 cm³/mol. The fraction of sp³-hybridized carbons (Fsp3) is 0.944. The number of nitrogens with zero attached hydrogens (tertiary/aromatic N) is 1. The molecule has 0 spiro atoms. The molecule has 2 rings (SSSR count). The van der Waals surface area contributed by atoms with Crippen LogP contribution < -0.4 is 5.32 Å². The molecule has 1 saturated heterocycles. The molecule has 2 fully saturated rings. The lowest BCUT2D eigenvalue weighted by Crippen LogP contribution is -2.49. The first kappa shape index (κ1) is 17.6. The van der Waals surface area contributed by atoms with Gasteiger partial charge in [0.1, 0.15) is 5.60 Å². The van der Waals surface area contributed by atoms with Crippen LogP contribution in [0.2, 0.25) is 0 Å². The van der Waals surface area contributed by atoms with Crippen LogP contribution in [0.25, 0.3) is 0 Å². The summed E-state index contributed by atoms with van der Waals surface area (Å²) < 4.78 is 5.52. The Kier molecular flexibility index (Phi) is 5.76. The van der Waals surface area contributed by atoms with Gasteiger partial charge in [-0.15, -0.1) is 0 Å². The maximum atomic E-state index is 12.3. The molecule has 4 atom stereocenters. The van der Waals surface area contributed by atoms with E-state index in [0.717, 1.165) is 25.4 Å². The Hall–Kier alpha value is -0.770. The highest BCUT2D eigenvalue weighted by Crippen LogP contribution is 2.27. The summed E-state index contributed by atoms with van der Waals surface area (Å²) in [5.74, 6) is 1.39. The number of likely N-dealkylation sites (tertiary alicyclic amines) is 1. The van der Waals surface area contributed by atoms with Crippen molar-refractivity contribution in [1.82, 2.24) is 10.2 Å². The van der Waals surface area contributed by atoms with Gasteiger partial charge in [-0.25, -0.2) is 4.79 Å². The minimum absolute atomic E-state index is 0.154. The summed E-state index contributed by atoms with van der Waals surface area (Å²) in [6.45, 7) is 12.1. The molecule has 4 heteroatoms. The third-order valence-corrected chi connectivity index (χ3v) is 5.01. The Bertz CT molecular complexity index is 378.